The van der Waals surface area contributed by atoms with E-state index in [1.807, 2.05) is 0 Å². The molecule has 126 valence electrons. The van der Waals surface area contributed by atoms with E-state index in [0.717, 1.165) is 19.3 Å². The highest BCUT2D eigenvalue weighted by Crippen LogP contribution is 2.65. The first kappa shape index (κ1) is 15.6. The highest BCUT2D eigenvalue weighted by atomic mass is 16.3. The molecule has 4 rings (SSSR count). The Hall–Kier alpha value is -0.890. The topological polar surface area (TPSA) is 37.3 Å². The van der Waals surface area contributed by atoms with Gasteiger partial charge in [-0.1, -0.05) is 32.1 Å². The highest BCUT2D eigenvalue weighted by Gasteiger charge is 2.58. The lowest BCUT2D eigenvalue weighted by Crippen LogP contribution is -2.49. The molecule has 1 N–H and O–H groups in total. The standard InChI is InChI=1S/C21H30O2/c1-13(22)17-6-7-18-16-5-4-14-12-15(23)8-10-20(14,2)19(16)9-11-21(17,18)3/h4-5,12,15-19,23H,6-11H2,1-3H3/t15-,16-,17+,18-,19-,20-,21+/m0/s1. The molecule has 0 amide bonds. The molecule has 0 aromatic carbocycles. The molecule has 0 aromatic heterocycles. The number of carbonyl (C=O) groups is 1. The van der Waals surface area contributed by atoms with Crippen molar-refractivity contribution in [1.29, 1.82) is 0 Å². The van der Waals surface area contributed by atoms with Crippen LogP contribution in [0.3, 0.4) is 0 Å². The lowest BCUT2D eigenvalue weighted by molar-refractivity contribution is -0.126. The summed E-state index contributed by atoms with van der Waals surface area (Å²) in [6, 6.07) is 0. The largest absolute Gasteiger partial charge is 0.389 e. The van der Waals surface area contributed by atoms with Gasteiger partial charge in [-0.15, -0.1) is 0 Å². The Morgan fingerprint density at radius 3 is 2.65 bits per heavy atom. The molecule has 7 atom stereocenters. The van der Waals surface area contributed by atoms with Crippen LogP contribution in [-0.2, 0) is 4.79 Å². The van der Waals surface area contributed by atoms with Crippen molar-refractivity contribution in [2.75, 3.05) is 0 Å². The van der Waals surface area contributed by atoms with Gasteiger partial charge in [-0.2, -0.15) is 0 Å². The minimum atomic E-state index is -0.262. The number of carbonyl (C=O) groups excluding carboxylic acids is 1. The number of allylic oxidation sites excluding steroid dienone is 3. The lowest BCUT2D eigenvalue weighted by atomic mass is 9.48. The van der Waals surface area contributed by atoms with Crippen molar-refractivity contribution in [3.63, 3.8) is 0 Å². The molecule has 0 saturated heterocycles. The zero-order chi connectivity index (χ0) is 16.4. The third kappa shape index (κ3) is 2.06. The van der Waals surface area contributed by atoms with E-state index in [2.05, 4.69) is 32.1 Å². The molecule has 4 aliphatic rings. The molecule has 23 heavy (non-hydrogen) atoms. The minimum Gasteiger partial charge on any atom is -0.389 e. The van der Waals surface area contributed by atoms with E-state index in [4.69, 9.17) is 0 Å². The van der Waals surface area contributed by atoms with Crippen molar-refractivity contribution in [3.8, 4) is 0 Å². The van der Waals surface area contributed by atoms with E-state index < -0.39 is 0 Å². The number of aliphatic hydroxyl groups excluding tert-OH is 1. The van der Waals surface area contributed by atoms with Crippen LogP contribution in [0.4, 0.5) is 0 Å². The summed E-state index contributed by atoms with van der Waals surface area (Å²) in [6.07, 6.45) is 13.3. The van der Waals surface area contributed by atoms with E-state index >= 15 is 0 Å². The Balaban J connectivity index is 1.71. The highest BCUT2D eigenvalue weighted by molar-refractivity contribution is 5.79. The molecule has 4 aliphatic carbocycles. The fraction of sp³-hybridized carbons (Fsp3) is 0.762. The first-order valence-electron chi connectivity index (χ1n) is 9.45. The first-order chi connectivity index (χ1) is 10.9. The van der Waals surface area contributed by atoms with Crippen LogP contribution in [0.15, 0.2) is 23.8 Å². The Morgan fingerprint density at radius 1 is 1.13 bits per heavy atom. The van der Waals surface area contributed by atoms with Crippen LogP contribution >= 0.6 is 0 Å². The molecule has 0 radical (unpaired) electrons. The van der Waals surface area contributed by atoms with Crippen molar-refractivity contribution in [1.82, 2.24) is 0 Å². The monoisotopic (exact) mass is 314 g/mol. The minimum absolute atomic E-state index is 0.211. The molecule has 0 aromatic rings. The summed E-state index contributed by atoms with van der Waals surface area (Å²) in [7, 11) is 0. The summed E-state index contributed by atoms with van der Waals surface area (Å²) >= 11 is 0. The van der Waals surface area contributed by atoms with Gasteiger partial charge >= 0.3 is 0 Å². The fourth-order valence-corrected chi connectivity index (χ4v) is 6.81. The summed E-state index contributed by atoms with van der Waals surface area (Å²) in [5.74, 6) is 2.66. The van der Waals surface area contributed by atoms with E-state index in [0.29, 0.717) is 23.5 Å². The van der Waals surface area contributed by atoms with Crippen LogP contribution in [0.2, 0.25) is 0 Å². The van der Waals surface area contributed by atoms with Gasteiger partial charge in [0, 0.05) is 5.92 Å². The molecule has 0 heterocycles. The zero-order valence-electron chi connectivity index (χ0n) is 14.7. The van der Waals surface area contributed by atoms with Crippen LogP contribution in [0.1, 0.15) is 59.3 Å². The number of aliphatic hydroxyl groups is 1. The van der Waals surface area contributed by atoms with Crippen LogP contribution in [-0.4, -0.2) is 17.0 Å². The third-order valence-electron chi connectivity index (χ3n) is 8.13. The van der Waals surface area contributed by atoms with Gasteiger partial charge in [0.2, 0.25) is 0 Å². The summed E-state index contributed by atoms with van der Waals surface area (Å²) < 4.78 is 0. The fourth-order valence-electron chi connectivity index (χ4n) is 6.81. The number of Topliss-reactive ketones (excluding diaryl/α,β-unsaturated/α-hetero) is 1. The molecule has 2 saturated carbocycles. The molecular weight excluding hydrogens is 284 g/mol. The second-order valence-electron chi connectivity index (χ2n) is 9.08. The predicted octanol–water partition coefficient (Wildman–Crippen LogP) is 4.29. The van der Waals surface area contributed by atoms with Crippen LogP contribution in [0.5, 0.6) is 0 Å². The van der Waals surface area contributed by atoms with Gasteiger partial charge in [-0.25, -0.2) is 0 Å². The van der Waals surface area contributed by atoms with Crippen molar-refractivity contribution >= 4 is 5.78 Å². The smallest absolute Gasteiger partial charge is 0.133 e. The van der Waals surface area contributed by atoms with E-state index in [-0.39, 0.29) is 22.9 Å². The first-order valence-corrected chi connectivity index (χ1v) is 9.45. The Morgan fingerprint density at radius 2 is 1.91 bits per heavy atom. The maximum atomic E-state index is 12.1. The van der Waals surface area contributed by atoms with Gasteiger partial charge in [0.05, 0.1) is 6.10 Å². The van der Waals surface area contributed by atoms with Gasteiger partial charge < -0.3 is 5.11 Å². The average Bonchev–Trinajstić information content (AvgIpc) is 2.85. The summed E-state index contributed by atoms with van der Waals surface area (Å²) in [6.45, 7) is 6.61. The van der Waals surface area contributed by atoms with Crippen molar-refractivity contribution in [3.05, 3.63) is 23.8 Å². The summed E-state index contributed by atoms with van der Waals surface area (Å²) in [5, 5.41) is 10.00. The van der Waals surface area contributed by atoms with Crippen molar-refractivity contribution in [2.24, 2.45) is 34.5 Å². The van der Waals surface area contributed by atoms with Gasteiger partial charge in [0.15, 0.2) is 0 Å². The molecule has 0 unspecified atom stereocenters. The van der Waals surface area contributed by atoms with Crippen LogP contribution < -0.4 is 0 Å². The Labute approximate surface area is 140 Å². The quantitative estimate of drug-likeness (QED) is 0.784. The number of hydrogen-bond acceptors (Lipinski definition) is 2. The van der Waals surface area contributed by atoms with E-state index in [1.165, 1.54) is 24.8 Å². The zero-order valence-corrected chi connectivity index (χ0v) is 14.7. The van der Waals surface area contributed by atoms with Crippen molar-refractivity contribution in [2.45, 2.75) is 65.4 Å². The second kappa shape index (κ2) is 5.05. The van der Waals surface area contributed by atoms with Crippen LogP contribution in [0.25, 0.3) is 0 Å². The molecule has 0 aliphatic heterocycles. The number of ketones is 1. The molecule has 2 heteroatoms. The Bertz CT molecular complexity index is 589. The Kier molecular flexibility index (Phi) is 3.43. The van der Waals surface area contributed by atoms with Gasteiger partial charge in [0.1, 0.15) is 5.78 Å². The normalized spacial score (nSPS) is 51.5. The molecule has 0 spiro atoms. The number of fused-ring (bicyclic) bond motifs is 5. The maximum Gasteiger partial charge on any atom is 0.133 e. The maximum absolute atomic E-state index is 12.1. The van der Waals surface area contributed by atoms with Crippen LogP contribution in [0, 0.1) is 34.5 Å². The summed E-state index contributed by atoms with van der Waals surface area (Å²) in [4.78, 5) is 12.1. The second-order valence-corrected chi connectivity index (χ2v) is 9.08. The SMILES string of the molecule is CC(=O)[C@H]1CC[C@H]2[C@@H]3C=CC4=C[C@@H](O)CC[C@]4(C)[C@H]3CC[C@]12C. The lowest BCUT2D eigenvalue weighted by Gasteiger charge is -2.56. The number of rotatable bonds is 1. The average molecular weight is 314 g/mol. The molecule has 2 fully saturated rings. The number of hydrogen-bond donors (Lipinski definition) is 1. The molecule has 2 nitrogen and oxygen atoms in total. The van der Waals surface area contributed by atoms with Gasteiger partial charge in [-0.3, -0.25) is 4.79 Å². The van der Waals surface area contributed by atoms with Gasteiger partial charge in [0.25, 0.3) is 0 Å². The molecular formula is C21H30O2. The van der Waals surface area contributed by atoms with Gasteiger partial charge in [-0.05, 0) is 79.6 Å². The predicted molar refractivity (Wildman–Crippen MR) is 91.8 cm³/mol. The third-order valence-corrected chi connectivity index (χ3v) is 8.13. The molecule has 0 bridgehead atoms. The van der Waals surface area contributed by atoms with E-state index in [1.54, 1.807) is 6.92 Å². The van der Waals surface area contributed by atoms with Crippen molar-refractivity contribution < 1.29 is 9.90 Å². The summed E-state index contributed by atoms with van der Waals surface area (Å²) in [5.41, 5.74) is 1.81. The van der Waals surface area contributed by atoms with E-state index in [9.17, 15) is 9.90 Å².